The molecule has 0 aliphatic heterocycles. The fourth-order valence-electron chi connectivity index (χ4n) is 2.20. The van der Waals surface area contributed by atoms with E-state index < -0.39 is 0 Å². The molecule has 0 aliphatic carbocycles. The maximum Gasteiger partial charge on any atom is 0.240 e. The van der Waals surface area contributed by atoms with E-state index in [0.29, 0.717) is 6.42 Å². The Labute approximate surface area is 128 Å². The van der Waals surface area contributed by atoms with E-state index >= 15 is 0 Å². The van der Waals surface area contributed by atoms with Crippen LogP contribution in [0.4, 0.5) is 0 Å². The fourth-order valence-corrected chi connectivity index (χ4v) is 2.20. The number of hydrazone groups is 1. The predicted octanol–water partition coefficient (Wildman–Crippen LogP) is 4.59. The van der Waals surface area contributed by atoms with E-state index in [2.05, 4.69) is 17.5 Å². The Morgan fingerprint density at radius 2 is 1.76 bits per heavy atom. The molecule has 3 heteroatoms. The molecule has 0 atom stereocenters. The Balaban J connectivity index is 2.10. The van der Waals surface area contributed by atoms with Crippen LogP contribution in [0.25, 0.3) is 0 Å². The number of nitrogens with zero attached hydrogens (tertiary/aromatic N) is 1. The molecule has 116 valence electrons. The van der Waals surface area contributed by atoms with E-state index in [1.165, 1.54) is 32.1 Å². The summed E-state index contributed by atoms with van der Waals surface area (Å²) in [4.78, 5) is 11.6. The molecule has 0 fully saturated rings. The van der Waals surface area contributed by atoms with Gasteiger partial charge in [-0.25, -0.2) is 5.43 Å². The minimum absolute atomic E-state index is 0.00777. The van der Waals surface area contributed by atoms with Gasteiger partial charge in [0.05, 0.1) is 6.21 Å². The second-order valence-electron chi connectivity index (χ2n) is 5.52. The van der Waals surface area contributed by atoms with Gasteiger partial charge in [-0.05, 0) is 24.5 Å². The smallest absolute Gasteiger partial charge is 0.240 e. The molecular weight excluding hydrogens is 260 g/mol. The number of rotatable bonds is 10. The van der Waals surface area contributed by atoms with Crippen LogP contribution in [-0.2, 0) is 4.79 Å². The van der Waals surface area contributed by atoms with Crippen LogP contribution in [0.5, 0.6) is 0 Å². The summed E-state index contributed by atoms with van der Waals surface area (Å²) in [7, 11) is 0. The standard InChI is InChI=1S/C18H28N2O/c1-3-4-5-6-7-8-9-14-18(21)20-19-15-17-13-11-10-12-16(17)2/h10-13,15H,3-9,14H2,1-2H3,(H,20,21)/b19-15+. The second-order valence-corrected chi connectivity index (χ2v) is 5.52. The number of nitrogens with one attached hydrogen (secondary N) is 1. The Morgan fingerprint density at radius 1 is 1.10 bits per heavy atom. The molecule has 1 aromatic rings. The van der Waals surface area contributed by atoms with Gasteiger partial charge >= 0.3 is 0 Å². The van der Waals surface area contributed by atoms with Crippen LogP contribution in [0.15, 0.2) is 29.4 Å². The van der Waals surface area contributed by atoms with Crippen LogP contribution in [-0.4, -0.2) is 12.1 Å². The van der Waals surface area contributed by atoms with Crippen LogP contribution in [0, 0.1) is 6.92 Å². The summed E-state index contributed by atoms with van der Waals surface area (Å²) in [5.74, 6) is 0.00777. The number of carbonyl (C=O) groups excluding carboxylic acids is 1. The fraction of sp³-hybridized carbons (Fsp3) is 0.556. The van der Waals surface area contributed by atoms with Crippen molar-refractivity contribution in [3.63, 3.8) is 0 Å². The molecule has 0 saturated carbocycles. The first-order chi connectivity index (χ1) is 10.2. The summed E-state index contributed by atoms with van der Waals surface area (Å²) < 4.78 is 0. The van der Waals surface area contributed by atoms with Gasteiger partial charge in [0, 0.05) is 6.42 Å². The average Bonchev–Trinajstić information content (AvgIpc) is 2.48. The van der Waals surface area contributed by atoms with Crippen LogP contribution in [0.1, 0.15) is 69.4 Å². The lowest BCUT2D eigenvalue weighted by Gasteiger charge is -2.02. The van der Waals surface area contributed by atoms with E-state index in [1.54, 1.807) is 6.21 Å². The van der Waals surface area contributed by atoms with Gasteiger partial charge in [-0.1, -0.05) is 69.7 Å². The Hall–Kier alpha value is -1.64. The minimum atomic E-state index is 0.00777. The largest absolute Gasteiger partial charge is 0.273 e. The maximum absolute atomic E-state index is 11.6. The molecule has 0 spiro atoms. The lowest BCUT2D eigenvalue weighted by molar-refractivity contribution is -0.121. The van der Waals surface area contributed by atoms with Gasteiger partial charge < -0.3 is 0 Å². The number of unbranched alkanes of at least 4 members (excludes halogenated alkanes) is 6. The molecule has 0 radical (unpaired) electrons. The second kappa shape index (κ2) is 11.1. The molecule has 0 aliphatic rings. The highest BCUT2D eigenvalue weighted by molar-refractivity contribution is 5.83. The highest BCUT2D eigenvalue weighted by Crippen LogP contribution is 2.08. The monoisotopic (exact) mass is 288 g/mol. The zero-order chi connectivity index (χ0) is 15.3. The molecule has 0 unspecified atom stereocenters. The molecule has 3 nitrogen and oxygen atoms in total. The lowest BCUT2D eigenvalue weighted by atomic mass is 10.1. The van der Waals surface area contributed by atoms with Gasteiger partial charge in [0.25, 0.3) is 0 Å². The van der Waals surface area contributed by atoms with Crippen molar-refractivity contribution in [1.29, 1.82) is 0 Å². The van der Waals surface area contributed by atoms with E-state index in [-0.39, 0.29) is 5.91 Å². The van der Waals surface area contributed by atoms with Crippen molar-refractivity contribution in [3.05, 3.63) is 35.4 Å². The third kappa shape index (κ3) is 8.28. The van der Waals surface area contributed by atoms with Gasteiger partial charge in [0.15, 0.2) is 0 Å². The van der Waals surface area contributed by atoms with Gasteiger partial charge in [-0.15, -0.1) is 0 Å². The average molecular weight is 288 g/mol. The highest BCUT2D eigenvalue weighted by atomic mass is 16.2. The van der Waals surface area contributed by atoms with Crippen LogP contribution in [0.2, 0.25) is 0 Å². The van der Waals surface area contributed by atoms with E-state index in [9.17, 15) is 4.79 Å². The molecule has 1 N–H and O–H groups in total. The summed E-state index contributed by atoms with van der Waals surface area (Å²) in [5, 5.41) is 4.02. The number of amides is 1. The van der Waals surface area contributed by atoms with Crippen molar-refractivity contribution in [3.8, 4) is 0 Å². The number of benzene rings is 1. The first-order valence-electron chi connectivity index (χ1n) is 8.11. The van der Waals surface area contributed by atoms with E-state index in [4.69, 9.17) is 0 Å². The number of carbonyl (C=O) groups is 1. The van der Waals surface area contributed by atoms with Crippen LogP contribution < -0.4 is 5.43 Å². The highest BCUT2D eigenvalue weighted by Gasteiger charge is 1.99. The summed E-state index contributed by atoms with van der Waals surface area (Å²) in [6.45, 7) is 4.25. The molecule has 21 heavy (non-hydrogen) atoms. The Kier molecular flexibility index (Phi) is 9.18. The normalized spacial score (nSPS) is 11.0. The summed E-state index contributed by atoms with van der Waals surface area (Å²) in [5.41, 5.74) is 4.79. The topological polar surface area (TPSA) is 41.5 Å². The predicted molar refractivity (Wildman–Crippen MR) is 89.5 cm³/mol. The van der Waals surface area contributed by atoms with Crippen molar-refractivity contribution >= 4 is 12.1 Å². The van der Waals surface area contributed by atoms with Gasteiger partial charge in [-0.2, -0.15) is 5.10 Å². The first-order valence-corrected chi connectivity index (χ1v) is 8.11. The number of hydrogen-bond acceptors (Lipinski definition) is 2. The Morgan fingerprint density at radius 3 is 2.48 bits per heavy atom. The van der Waals surface area contributed by atoms with Crippen molar-refractivity contribution in [2.45, 2.75) is 65.2 Å². The summed E-state index contributed by atoms with van der Waals surface area (Å²) in [6.07, 6.45) is 10.8. The minimum Gasteiger partial charge on any atom is -0.273 e. The van der Waals surface area contributed by atoms with Crippen molar-refractivity contribution in [2.24, 2.45) is 5.10 Å². The van der Waals surface area contributed by atoms with E-state index in [0.717, 1.165) is 24.0 Å². The molecular formula is C18H28N2O. The molecule has 1 amide bonds. The van der Waals surface area contributed by atoms with Gasteiger partial charge in [-0.3, -0.25) is 4.79 Å². The molecule has 0 bridgehead atoms. The number of aryl methyl sites for hydroxylation is 1. The third-order valence-electron chi connectivity index (χ3n) is 3.59. The SMILES string of the molecule is CCCCCCCCCC(=O)N/N=C/c1ccccc1C. The molecule has 1 aromatic carbocycles. The molecule has 0 heterocycles. The summed E-state index contributed by atoms with van der Waals surface area (Å²) >= 11 is 0. The van der Waals surface area contributed by atoms with Crippen molar-refractivity contribution in [1.82, 2.24) is 5.43 Å². The van der Waals surface area contributed by atoms with E-state index in [1.807, 2.05) is 31.2 Å². The molecule has 1 rings (SSSR count). The van der Waals surface area contributed by atoms with Crippen LogP contribution in [0.3, 0.4) is 0 Å². The zero-order valence-electron chi connectivity index (χ0n) is 13.4. The zero-order valence-corrected chi connectivity index (χ0v) is 13.4. The first kappa shape index (κ1) is 17.4. The number of hydrogen-bond donors (Lipinski definition) is 1. The van der Waals surface area contributed by atoms with Crippen LogP contribution >= 0.6 is 0 Å². The van der Waals surface area contributed by atoms with Gasteiger partial charge in [0.2, 0.25) is 5.91 Å². The molecule has 0 aromatic heterocycles. The molecule has 0 saturated heterocycles. The van der Waals surface area contributed by atoms with Crippen molar-refractivity contribution < 1.29 is 4.79 Å². The lowest BCUT2D eigenvalue weighted by Crippen LogP contribution is -2.16. The van der Waals surface area contributed by atoms with Crippen molar-refractivity contribution in [2.75, 3.05) is 0 Å². The quantitative estimate of drug-likeness (QED) is 0.382. The maximum atomic E-state index is 11.6. The third-order valence-corrected chi connectivity index (χ3v) is 3.59. The summed E-state index contributed by atoms with van der Waals surface area (Å²) in [6, 6.07) is 7.98. The Bertz CT molecular complexity index is 441. The van der Waals surface area contributed by atoms with Gasteiger partial charge in [0.1, 0.15) is 0 Å².